The molecule has 10 heteroatoms. The lowest BCUT2D eigenvalue weighted by Crippen LogP contribution is -2.15. The summed E-state index contributed by atoms with van der Waals surface area (Å²) in [5, 5.41) is 11.6. The normalized spacial score (nSPS) is 11.4. The van der Waals surface area contributed by atoms with Gasteiger partial charge in [-0.25, -0.2) is 0 Å². The maximum absolute atomic E-state index is 12.9. The van der Waals surface area contributed by atoms with Crippen LogP contribution in [0, 0.1) is 6.92 Å². The third kappa shape index (κ3) is 5.23. The lowest BCUT2D eigenvalue weighted by atomic mass is 10.2. The van der Waals surface area contributed by atoms with E-state index >= 15 is 0 Å². The molecule has 4 aromatic rings. The highest BCUT2D eigenvalue weighted by molar-refractivity contribution is 7.99. The average Bonchev–Trinajstić information content (AvgIpc) is 3.22. The summed E-state index contributed by atoms with van der Waals surface area (Å²) >= 11 is 1.14. The van der Waals surface area contributed by atoms with Gasteiger partial charge < -0.3 is 5.32 Å². The number of benzene rings is 2. The maximum Gasteiger partial charge on any atom is 0.416 e. The van der Waals surface area contributed by atoms with Crippen LogP contribution >= 0.6 is 11.8 Å². The van der Waals surface area contributed by atoms with Crippen molar-refractivity contribution in [2.24, 2.45) is 0 Å². The van der Waals surface area contributed by atoms with E-state index < -0.39 is 17.6 Å². The third-order valence-corrected chi connectivity index (χ3v) is 5.66. The van der Waals surface area contributed by atoms with Crippen LogP contribution in [0.15, 0.2) is 78.2 Å². The van der Waals surface area contributed by atoms with Gasteiger partial charge in [0.1, 0.15) is 0 Å². The van der Waals surface area contributed by atoms with Crippen molar-refractivity contribution in [1.82, 2.24) is 19.7 Å². The monoisotopic (exact) mass is 469 g/mol. The summed E-state index contributed by atoms with van der Waals surface area (Å²) in [6, 6.07) is 15.8. The molecule has 0 atom stereocenters. The number of alkyl halides is 3. The Morgan fingerprint density at radius 1 is 1.03 bits per heavy atom. The van der Waals surface area contributed by atoms with Crippen LogP contribution in [0.3, 0.4) is 0 Å². The first-order chi connectivity index (χ1) is 15.8. The van der Waals surface area contributed by atoms with Gasteiger partial charge in [0.2, 0.25) is 5.91 Å². The molecule has 0 bridgehead atoms. The molecule has 2 aromatic carbocycles. The molecule has 0 saturated carbocycles. The van der Waals surface area contributed by atoms with Crippen molar-refractivity contribution in [3.8, 4) is 17.1 Å². The fourth-order valence-corrected chi connectivity index (χ4v) is 3.93. The smallest absolute Gasteiger partial charge is 0.325 e. The Labute approximate surface area is 191 Å². The lowest BCUT2D eigenvalue weighted by Gasteiger charge is -2.13. The number of pyridine rings is 1. The lowest BCUT2D eigenvalue weighted by molar-refractivity contribution is -0.137. The molecule has 2 aromatic heterocycles. The predicted molar refractivity (Wildman–Crippen MR) is 120 cm³/mol. The highest BCUT2D eigenvalue weighted by Gasteiger charge is 2.30. The van der Waals surface area contributed by atoms with Crippen LogP contribution in [0.2, 0.25) is 0 Å². The number of hydrogen-bond acceptors (Lipinski definition) is 5. The van der Waals surface area contributed by atoms with Crippen LogP contribution in [0.1, 0.15) is 11.1 Å². The van der Waals surface area contributed by atoms with E-state index in [0.29, 0.717) is 11.0 Å². The summed E-state index contributed by atoms with van der Waals surface area (Å²) < 4.78 is 40.6. The Kier molecular flexibility index (Phi) is 6.45. The Morgan fingerprint density at radius 3 is 2.52 bits per heavy atom. The van der Waals surface area contributed by atoms with Gasteiger partial charge in [-0.3, -0.25) is 14.3 Å². The summed E-state index contributed by atoms with van der Waals surface area (Å²) in [7, 11) is 0. The second kappa shape index (κ2) is 9.45. The molecule has 33 heavy (non-hydrogen) atoms. The number of carbonyl (C=O) groups is 1. The minimum atomic E-state index is -4.48. The number of nitrogens with zero attached hydrogens (tertiary/aromatic N) is 4. The van der Waals surface area contributed by atoms with E-state index in [2.05, 4.69) is 20.5 Å². The topological polar surface area (TPSA) is 72.7 Å². The molecule has 0 saturated heterocycles. The molecule has 0 spiro atoms. The van der Waals surface area contributed by atoms with E-state index in [9.17, 15) is 18.0 Å². The maximum atomic E-state index is 12.9. The quantitative estimate of drug-likeness (QED) is 0.384. The van der Waals surface area contributed by atoms with Gasteiger partial charge in [-0.2, -0.15) is 13.2 Å². The summed E-state index contributed by atoms with van der Waals surface area (Å²) in [4.78, 5) is 16.5. The fraction of sp³-hybridized carbons (Fsp3) is 0.130. The van der Waals surface area contributed by atoms with Crippen LogP contribution in [0.25, 0.3) is 17.1 Å². The number of nitrogens with one attached hydrogen (secondary N) is 1. The number of thioether (sulfide) groups is 1. The van der Waals surface area contributed by atoms with Crippen LogP contribution in [0.4, 0.5) is 18.9 Å². The Morgan fingerprint density at radius 2 is 1.79 bits per heavy atom. The zero-order chi connectivity index (χ0) is 23.4. The highest BCUT2D eigenvalue weighted by atomic mass is 32.2. The molecule has 6 nitrogen and oxygen atoms in total. The minimum Gasteiger partial charge on any atom is -0.325 e. The molecule has 0 aliphatic rings. The van der Waals surface area contributed by atoms with Gasteiger partial charge in [-0.05, 0) is 48.9 Å². The number of hydrogen-bond donors (Lipinski definition) is 1. The second-order valence-corrected chi connectivity index (χ2v) is 8.02. The number of rotatable bonds is 6. The van der Waals surface area contributed by atoms with Gasteiger partial charge in [-0.15, -0.1) is 10.2 Å². The van der Waals surface area contributed by atoms with Crippen LogP contribution < -0.4 is 5.32 Å². The molecule has 1 amide bonds. The van der Waals surface area contributed by atoms with Gasteiger partial charge in [0.25, 0.3) is 0 Å². The number of anilines is 1. The molecule has 0 unspecified atom stereocenters. The minimum absolute atomic E-state index is 0.0589. The third-order valence-electron chi connectivity index (χ3n) is 4.73. The summed E-state index contributed by atoms with van der Waals surface area (Å²) in [6.45, 7) is 1.96. The van der Waals surface area contributed by atoms with E-state index in [1.807, 2.05) is 47.9 Å². The van der Waals surface area contributed by atoms with E-state index in [-0.39, 0.29) is 11.4 Å². The van der Waals surface area contributed by atoms with Crippen molar-refractivity contribution in [2.75, 3.05) is 11.1 Å². The molecule has 0 aliphatic carbocycles. The van der Waals surface area contributed by atoms with E-state index in [1.54, 1.807) is 12.4 Å². The molecular weight excluding hydrogens is 451 g/mol. The van der Waals surface area contributed by atoms with Gasteiger partial charge >= 0.3 is 6.18 Å². The van der Waals surface area contributed by atoms with E-state index in [0.717, 1.165) is 40.7 Å². The molecule has 168 valence electrons. The summed E-state index contributed by atoms with van der Waals surface area (Å²) in [5.74, 6) is 0.0768. The van der Waals surface area contributed by atoms with Gasteiger partial charge in [0.05, 0.1) is 17.0 Å². The molecular formula is C23H18F3N5OS. The average molecular weight is 469 g/mol. The van der Waals surface area contributed by atoms with Crippen LogP contribution in [-0.4, -0.2) is 31.4 Å². The number of halogens is 3. The van der Waals surface area contributed by atoms with Crippen molar-refractivity contribution in [3.05, 3.63) is 84.2 Å². The molecule has 1 N–H and O–H groups in total. The zero-order valence-corrected chi connectivity index (χ0v) is 18.2. The molecule has 0 radical (unpaired) electrons. The predicted octanol–water partition coefficient (Wildman–Crippen LogP) is 5.39. The summed E-state index contributed by atoms with van der Waals surface area (Å²) in [6.07, 6.45) is -1.17. The first-order valence-electron chi connectivity index (χ1n) is 9.84. The first-order valence-corrected chi connectivity index (χ1v) is 10.8. The van der Waals surface area contributed by atoms with Crippen molar-refractivity contribution in [2.45, 2.75) is 18.3 Å². The van der Waals surface area contributed by atoms with Crippen LogP contribution in [0.5, 0.6) is 0 Å². The number of aromatic nitrogens is 4. The van der Waals surface area contributed by atoms with Crippen molar-refractivity contribution < 1.29 is 18.0 Å². The first kappa shape index (κ1) is 22.5. The Balaban J connectivity index is 1.57. The van der Waals surface area contributed by atoms with Gasteiger partial charge in [0.15, 0.2) is 11.0 Å². The van der Waals surface area contributed by atoms with Gasteiger partial charge in [-0.1, -0.05) is 36.0 Å². The van der Waals surface area contributed by atoms with E-state index in [1.165, 1.54) is 12.1 Å². The molecule has 0 fully saturated rings. The number of carbonyl (C=O) groups excluding carboxylic acids is 1. The SMILES string of the molecule is Cc1ccccc1-n1c(SCC(=O)Nc2cccc(C(F)(F)F)c2)nnc1-c1ccncc1. The second-order valence-electron chi connectivity index (χ2n) is 7.08. The van der Waals surface area contributed by atoms with Crippen molar-refractivity contribution in [3.63, 3.8) is 0 Å². The van der Waals surface area contributed by atoms with Crippen molar-refractivity contribution in [1.29, 1.82) is 0 Å². The van der Waals surface area contributed by atoms with Crippen molar-refractivity contribution >= 4 is 23.4 Å². The summed E-state index contributed by atoms with van der Waals surface area (Å²) in [5.41, 5.74) is 1.90. The molecule has 2 heterocycles. The standard InChI is InChI=1S/C23H18F3N5OS/c1-15-5-2-3-8-19(15)31-21(16-9-11-27-12-10-16)29-30-22(31)33-14-20(32)28-18-7-4-6-17(13-18)23(24,25)26/h2-13H,14H2,1H3,(H,28,32). The molecule has 0 aliphatic heterocycles. The van der Waals surface area contributed by atoms with Crippen LogP contribution in [-0.2, 0) is 11.0 Å². The Hall–Kier alpha value is -3.66. The number of amides is 1. The zero-order valence-electron chi connectivity index (χ0n) is 17.4. The number of para-hydroxylation sites is 1. The van der Waals surface area contributed by atoms with Gasteiger partial charge in [0, 0.05) is 23.6 Å². The molecule has 4 rings (SSSR count). The fourth-order valence-electron chi connectivity index (χ4n) is 3.18. The Bertz CT molecular complexity index is 1270. The number of aryl methyl sites for hydroxylation is 1. The largest absolute Gasteiger partial charge is 0.416 e. The van der Waals surface area contributed by atoms with E-state index in [4.69, 9.17) is 0 Å². The highest BCUT2D eigenvalue weighted by Crippen LogP contribution is 2.31.